The van der Waals surface area contributed by atoms with Crippen LogP contribution in [-0.4, -0.2) is 43.3 Å². The van der Waals surface area contributed by atoms with Crippen LogP contribution >= 0.6 is 0 Å². The number of carbonyl (C=O) groups is 3. The smallest absolute Gasteiger partial charge is 0.251 e. The highest BCUT2D eigenvalue weighted by molar-refractivity contribution is 5.94. The molecular weight excluding hydrogens is 378 g/mol. The van der Waals surface area contributed by atoms with Crippen LogP contribution < -0.4 is 10.6 Å². The number of amides is 3. The van der Waals surface area contributed by atoms with Gasteiger partial charge in [0.15, 0.2) is 0 Å². The van der Waals surface area contributed by atoms with Gasteiger partial charge in [0.25, 0.3) is 5.91 Å². The van der Waals surface area contributed by atoms with Gasteiger partial charge in [-0.3, -0.25) is 14.4 Å². The lowest BCUT2D eigenvalue weighted by Gasteiger charge is -2.55. The lowest BCUT2D eigenvalue weighted by Crippen LogP contribution is -2.53. The fourth-order valence-electron chi connectivity index (χ4n) is 6.32. The first-order valence-electron chi connectivity index (χ1n) is 11.2. The number of hydrogen-bond acceptors (Lipinski definition) is 3. The van der Waals surface area contributed by atoms with Gasteiger partial charge in [-0.05, 0) is 74.0 Å². The molecule has 4 fully saturated rings. The molecule has 6 nitrogen and oxygen atoms in total. The van der Waals surface area contributed by atoms with E-state index in [-0.39, 0.29) is 23.1 Å². The van der Waals surface area contributed by atoms with Crippen molar-refractivity contribution in [3.8, 4) is 0 Å². The molecular formula is C24H33N3O3. The van der Waals surface area contributed by atoms with E-state index in [4.69, 9.17) is 0 Å². The zero-order valence-corrected chi connectivity index (χ0v) is 18.1. The molecule has 2 N–H and O–H groups in total. The number of carbonyl (C=O) groups excluding carboxylic acids is 3. The standard InChI is InChI=1S/C24H33N3O3/c1-25-22(29)20-5-3-16(4-6-20)15-27(2)21(28)7-8-26-23(30)24-12-17-9-18(13-24)11-19(10-17)14-24/h3-6,17-19H,7-15H2,1-2H3,(H,25,29)(H,26,30). The summed E-state index contributed by atoms with van der Waals surface area (Å²) < 4.78 is 0. The molecule has 3 amide bonds. The fraction of sp³-hybridized carbons (Fsp3) is 0.625. The molecule has 5 rings (SSSR count). The predicted molar refractivity (Wildman–Crippen MR) is 115 cm³/mol. The topological polar surface area (TPSA) is 78.5 Å². The Labute approximate surface area is 178 Å². The van der Waals surface area contributed by atoms with Gasteiger partial charge in [0.1, 0.15) is 0 Å². The number of nitrogens with one attached hydrogen (secondary N) is 2. The minimum absolute atomic E-state index is 0.0104. The second kappa shape index (κ2) is 8.40. The van der Waals surface area contributed by atoms with Crippen LogP contribution in [0.3, 0.4) is 0 Å². The van der Waals surface area contributed by atoms with E-state index in [1.54, 1.807) is 31.1 Å². The average Bonchev–Trinajstić information content (AvgIpc) is 2.72. The van der Waals surface area contributed by atoms with E-state index in [0.717, 1.165) is 42.6 Å². The summed E-state index contributed by atoms with van der Waals surface area (Å²) in [5.74, 6) is 2.29. The number of rotatable bonds is 7. The highest BCUT2D eigenvalue weighted by atomic mass is 16.2. The van der Waals surface area contributed by atoms with E-state index in [1.807, 2.05) is 12.1 Å². The summed E-state index contributed by atoms with van der Waals surface area (Å²) in [6.45, 7) is 0.884. The molecule has 162 valence electrons. The molecule has 0 radical (unpaired) electrons. The van der Waals surface area contributed by atoms with E-state index in [1.165, 1.54) is 19.3 Å². The third-order valence-corrected chi connectivity index (χ3v) is 7.43. The molecule has 4 aliphatic rings. The Hall–Kier alpha value is -2.37. The van der Waals surface area contributed by atoms with Crippen LogP contribution in [0.15, 0.2) is 24.3 Å². The molecule has 0 unspecified atom stereocenters. The second-order valence-corrected chi connectivity index (χ2v) is 9.73. The fourth-order valence-corrected chi connectivity index (χ4v) is 6.32. The number of hydrogen-bond donors (Lipinski definition) is 2. The first-order valence-corrected chi connectivity index (χ1v) is 11.2. The van der Waals surface area contributed by atoms with Crippen LogP contribution in [0, 0.1) is 23.2 Å². The second-order valence-electron chi connectivity index (χ2n) is 9.73. The molecule has 4 bridgehead atoms. The lowest BCUT2D eigenvalue weighted by molar-refractivity contribution is -0.146. The summed E-state index contributed by atoms with van der Waals surface area (Å²) in [7, 11) is 3.38. The third-order valence-electron chi connectivity index (χ3n) is 7.43. The van der Waals surface area contributed by atoms with Crippen LogP contribution in [0.4, 0.5) is 0 Å². The van der Waals surface area contributed by atoms with Crippen molar-refractivity contribution in [3.05, 3.63) is 35.4 Å². The molecule has 1 aromatic rings. The highest BCUT2D eigenvalue weighted by Gasteiger charge is 2.54. The molecule has 0 saturated heterocycles. The van der Waals surface area contributed by atoms with Crippen molar-refractivity contribution in [2.45, 2.75) is 51.5 Å². The highest BCUT2D eigenvalue weighted by Crippen LogP contribution is 2.60. The van der Waals surface area contributed by atoms with Crippen molar-refractivity contribution in [2.75, 3.05) is 20.6 Å². The SMILES string of the molecule is CNC(=O)c1ccc(CN(C)C(=O)CCNC(=O)C23CC4CC(CC(C4)C2)C3)cc1. The Morgan fingerprint density at radius 2 is 1.57 bits per heavy atom. The summed E-state index contributed by atoms with van der Waals surface area (Å²) in [6, 6.07) is 7.25. The van der Waals surface area contributed by atoms with Gasteiger partial charge in [0.05, 0.1) is 0 Å². The van der Waals surface area contributed by atoms with Gasteiger partial charge in [-0.1, -0.05) is 12.1 Å². The van der Waals surface area contributed by atoms with E-state index in [0.29, 0.717) is 25.1 Å². The van der Waals surface area contributed by atoms with Gasteiger partial charge >= 0.3 is 0 Å². The molecule has 30 heavy (non-hydrogen) atoms. The first kappa shape index (κ1) is 20.9. The zero-order valence-electron chi connectivity index (χ0n) is 18.1. The van der Waals surface area contributed by atoms with E-state index in [2.05, 4.69) is 10.6 Å². The van der Waals surface area contributed by atoms with Crippen molar-refractivity contribution >= 4 is 17.7 Å². The van der Waals surface area contributed by atoms with E-state index >= 15 is 0 Å². The lowest BCUT2D eigenvalue weighted by atomic mass is 9.49. The average molecular weight is 412 g/mol. The molecule has 4 aliphatic carbocycles. The monoisotopic (exact) mass is 411 g/mol. The Balaban J connectivity index is 1.23. The van der Waals surface area contributed by atoms with Crippen LogP contribution in [0.5, 0.6) is 0 Å². The van der Waals surface area contributed by atoms with Crippen LogP contribution in [0.2, 0.25) is 0 Å². The third kappa shape index (κ3) is 4.23. The minimum atomic E-state index is -0.157. The molecule has 6 heteroatoms. The van der Waals surface area contributed by atoms with E-state index in [9.17, 15) is 14.4 Å². The Morgan fingerprint density at radius 3 is 2.10 bits per heavy atom. The maximum absolute atomic E-state index is 13.0. The number of nitrogens with zero attached hydrogens (tertiary/aromatic N) is 1. The Morgan fingerprint density at radius 1 is 1.00 bits per heavy atom. The zero-order chi connectivity index (χ0) is 21.3. The first-order chi connectivity index (χ1) is 14.4. The molecule has 0 aliphatic heterocycles. The van der Waals surface area contributed by atoms with Crippen LogP contribution in [0.1, 0.15) is 60.9 Å². The molecule has 0 heterocycles. The molecule has 4 saturated carbocycles. The minimum Gasteiger partial charge on any atom is -0.355 e. The summed E-state index contributed by atoms with van der Waals surface area (Å²) >= 11 is 0. The van der Waals surface area contributed by atoms with Gasteiger partial charge in [-0.25, -0.2) is 0 Å². The van der Waals surface area contributed by atoms with Gasteiger partial charge in [0.2, 0.25) is 11.8 Å². The molecule has 0 spiro atoms. The summed E-state index contributed by atoms with van der Waals surface area (Å²) in [5, 5.41) is 5.68. The van der Waals surface area contributed by atoms with Crippen LogP contribution in [0.25, 0.3) is 0 Å². The summed E-state index contributed by atoms with van der Waals surface area (Å²) in [6.07, 6.45) is 7.41. The van der Waals surface area contributed by atoms with Crippen molar-refractivity contribution in [3.63, 3.8) is 0 Å². The van der Waals surface area contributed by atoms with Crippen molar-refractivity contribution in [1.82, 2.24) is 15.5 Å². The Kier molecular flexibility index (Phi) is 5.85. The van der Waals surface area contributed by atoms with Crippen molar-refractivity contribution in [2.24, 2.45) is 23.2 Å². The van der Waals surface area contributed by atoms with Crippen molar-refractivity contribution < 1.29 is 14.4 Å². The summed E-state index contributed by atoms with van der Waals surface area (Å²) in [4.78, 5) is 38.8. The van der Waals surface area contributed by atoms with E-state index < -0.39 is 0 Å². The normalized spacial score (nSPS) is 28.8. The summed E-state index contributed by atoms with van der Waals surface area (Å²) in [5.41, 5.74) is 1.41. The largest absolute Gasteiger partial charge is 0.355 e. The predicted octanol–water partition coefficient (Wildman–Crippen LogP) is 2.73. The maximum atomic E-state index is 13.0. The quantitative estimate of drug-likeness (QED) is 0.724. The van der Waals surface area contributed by atoms with Gasteiger partial charge in [0, 0.05) is 44.6 Å². The number of benzene rings is 1. The Bertz CT molecular complexity index is 782. The molecule has 0 atom stereocenters. The van der Waals surface area contributed by atoms with Gasteiger partial charge < -0.3 is 15.5 Å². The molecule has 0 aromatic heterocycles. The van der Waals surface area contributed by atoms with Gasteiger partial charge in [-0.15, -0.1) is 0 Å². The maximum Gasteiger partial charge on any atom is 0.251 e. The van der Waals surface area contributed by atoms with Gasteiger partial charge in [-0.2, -0.15) is 0 Å². The van der Waals surface area contributed by atoms with Crippen molar-refractivity contribution in [1.29, 1.82) is 0 Å². The van der Waals surface area contributed by atoms with Crippen LogP contribution in [-0.2, 0) is 16.1 Å². The molecule has 1 aromatic carbocycles.